The number of hydrogen-bond acceptors (Lipinski definition) is 4. The van der Waals surface area contributed by atoms with Gasteiger partial charge < -0.3 is 10.0 Å². The van der Waals surface area contributed by atoms with Gasteiger partial charge in [-0.2, -0.15) is 0 Å². The third-order valence-corrected chi connectivity index (χ3v) is 3.29. The number of nitrogens with zero attached hydrogens (tertiary/aromatic N) is 4. The number of hydrogen-bond donors (Lipinski definition) is 1. The Hall–Kier alpha value is -2.70. The normalized spacial score (nSPS) is 11.9. The predicted molar refractivity (Wildman–Crippen MR) is 75.2 cm³/mol. The Morgan fingerprint density at radius 3 is 2.48 bits per heavy atom. The number of carbonyl (C=O) groups is 2. The smallest absolute Gasteiger partial charge is 0.326 e. The molecule has 1 amide bonds. The summed E-state index contributed by atoms with van der Waals surface area (Å²) in [4.78, 5) is 25.0. The number of carboxylic acid groups (broad SMARTS) is 1. The Morgan fingerprint density at radius 2 is 1.90 bits per heavy atom. The summed E-state index contributed by atoms with van der Waals surface area (Å²) in [5, 5.41) is 16.6. The minimum atomic E-state index is -1.02. The SMILES string of the molecule is CC[C@@H](C(=O)O)N(C)C(=O)c1ccccc1-n1cnnc1. The molecule has 7 heteroatoms. The van der Waals surface area contributed by atoms with Crippen LogP contribution in [0, 0.1) is 0 Å². The fourth-order valence-electron chi connectivity index (χ4n) is 2.15. The molecule has 21 heavy (non-hydrogen) atoms. The average Bonchev–Trinajstić information content (AvgIpc) is 3.00. The first-order valence-electron chi connectivity index (χ1n) is 6.50. The van der Waals surface area contributed by atoms with Crippen LogP contribution in [0.2, 0.25) is 0 Å². The molecule has 2 rings (SSSR count). The Labute approximate surface area is 121 Å². The van der Waals surface area contributed by atoms with Crippen molar-refractivity contribution >= 4 is 11.9 Å². The van der Waals surface area contributed by atoms with E-state index >= 15 is 0 Å². The van der Waals surface area contributed by atoms with Crippen molar-refractivity contribution in [2.75, 3.05) is 7.05 Å². The number of carboxylic acids is 1. The third-order valence-electron chi connectivity index (χ3n) is 3.29. The second-order valence-electron chi connectivity index (χ2n) is 4.56. The van der Waals surface area contributed by atoms with Gasteiger partial charge >= 0.3 is 5.97 Å². The molecule has 7 nitrogen and oxygen atoms in total. The molecule has 1 aromatic heterocycles. The number of benzene rings is 1. The van der Waals surface area contributed by atoms with Crippen LogP contribution in [0.15, 0.2) is 36.9 Å². The monoisotopic (exact) mass is 288 g/mol. The van der Waals surface area contributed by atoms with Crippen molar-refractivity contribution in [2.45, 2.75) is 19.4 Å². The van der Waals surface area contributed by atoms with E-state index in [1.807, 2.05) is 0 Å². The number of aromatic nitrogens is 3. The van der Waals surface area contributed by atoms with Crippen LogP contribution in [-0.2, 0) is 4.79 Å². The van der Waals surface area contributed by atoms with E-state index < -0.39 is 12.0 Å². The molecule has 0 saturated heterocycles. The predicted octanol–water partition coefficient (Wildman–Crippen LogP) is 1.20. The van der Waals surface area contributed by atoms with Crippen molar-refractivity contribution in [1.29, 1.82) is 0 Å². The molecule has 1 heterocycles. The summed E-state index contributed by atoms with van der Waals surface area (Å²) in [5.74, 6) is -1.37. The summed E-state index contributed by atoms with van der Waals surface area (Å²) in [5.41, 5.74) is 1.01. The quantitative estimate of drug-likeness (QED) is 0.893. The average molecular weight is 288 g/mol. The van der Waals surface area contributed by atoms with Crippen molar-refractivity contribution in [3.8, 4) is 5.69 Å². The van der Waals surface area contributed by atoms with Crippen LogP contribution >= 0.6 is 0 Å². The molecular formula is C14H16N4O3. The maximum absolute atomic E-state index is 12.6. The van der Waals surface area contributed by atoms with E-state index in [1.54, 1.807) is 35.8 Å². The highest BCUT2D eigenvalue weighted by Gasteiger charge is 2.27. The molecule has 0 aliphatic rings. The Bertz CT molecular complexity index is 639. The van der Waals surface area contributed by atoms with Gasteiger partial charge in [0.25, 0.3) is 5.91 Å². The number of aliphatic carboxylic acids is 1. The summed E-state index contributed by atoms with van der Waals surface area (Å²) < 4.78 is 1.61. The molecule has 2 aromatic rings. The van der Waals surface area contributed by atoms with Gasteiger partial charge in [0.05, 0.1) is 11.3 Å². The van der Waals surface area contributed by atoms with Gasteiger partial charge in [0.2, 0.25) is 0 Å². The first kappa shape index (κ1) is 14.7. The van der Waals surface area contributed by atoms with Gasteiger partial charge in [-0.05, 0) is 18.6 Å². The molecule has 0 spiro atoms. The van der Waals surface area contributed by atoms with Gasteiger partial charge in [0.1, 0.15) is 18.7 Å². The molecule has 0 aliphatic heterocycles. The van der Waals surface area contributed by atoms with Crippen molar-refractivity contribution in [2.24, 2.45) is 0 Å². The minimum absolute atomic E-state index is 0.340. The molecule has 1 aromatic carbocycles. The standard InChI is InChI=1S/C14H16N4O3/c1-3-11(14(20)21)17(2)13(19)10-6-4-5-7-12(10)18-8-15-16-9-18/h4-9,11H,3H2,1-2H3,(H,20,21)/t11-/m0/s1. The van der Waals surface area contributed by atoms with Gasteiger partial charge in [-0.3, -0.25) is 9.36 Å². The largest absolute Gasteiger partial charge is 0.480 e. The first-order valence-corrected chi connectivity index (χ1v) is 6.50. The molecule has 1 atom stereocenters. The zero-order chi connectivity index (χ0) is 15.4. The van der Waals surface area contributed by atoms with Gasteiger partial charge in [0.15, 0.2) is 0 Å². The van der Waals surface area contributed by atoms with Crippen molar-refractivity contribution in [3.05, 3.63) is 42.5 Å². The highest BCUT2D eigenvalue weighted by molar-refractivity contribution is 5.99. The molecule has 0 unspecified atom stereocenters. The van der Waals surface area contributed by atoms with Crippen molar-refractivity contribution < 1.29 is 14.7 Å². The van der Waals surface area contributed by atoms with Crippen LogP contribution in [0.5, 0.6) is 0 Å². The summed E-state index contributed by atoms with van der Waals surface area (Å²) in [7, 11) is 1.49. The summed E-state index contributed by atoms with van der Waals surface area (Å²) in [6.07, 6.45) is 3.31. The Morgan fingerprint density at radius 1 is 1.29 bits per heavy atom. The molecule has 0 radical (unpaired) electrons. The van der Waals surface area contributed by atoms with E-state index in [9.17, 15) is 14.7 Å². The maximum Gasteiger partial charge on any atom is 0.326 e. The lowest BCUT2D eigenvalue weighted by atomic mass is 10.1. The second-order valence-corrected chi connectivity index (χ2v) is 4.56. The van der Waals surface area contributed by atoms with E-state index in [2.05, 4.69) is 10.2 Å². The Kier molecular flexibility index (Phi) is 4.32. The minimum Gasteiger partial charge on any atom is -0.480 e. The van der Waals surface area contributed by atoms with Gasteiger partial charge in [-0.25, -0.2) is 4.79 Å². The molecular weight excluding hydrogens is 272 g/mol. The zero-order valence-electron chi connectivity index (χ0n) is 11.8. The number of likely N-dealkylation sites (N-methyl/N-ethyl adjacent to an activating group) is 1. The Balaban J connectivity index is 2.38. The zero-order valence-corrected chi connectivity index (χ0v) is 11.8. The van der Waals surface area contributed by atoms with Gasteiger partial charge in [-0.15, -0.1) is 10.2 Å². The first-order chi connectivity index (χ1) is 10.1. The molecule has 0 bridgehead atoms. The van der Waals surface area contributed by atoms with Crippen LogP contribution < -0.4 is 0 Å². The summed E-state index contributed by atoms with van der Waals surface area (Å²) >= 11 is 0. The molecule has 1 N–H and O–H groups in total. The lowest BCUT2D eigenvalue weighted by Crippen LogP contribution is -2.42. The maximum atomic E-state index is 12.6. The van der Waals surface area contributed by atoms with Crippen LogP contribution in [0.4, 0.5) is 0 Å². The van der Waals surface area contributed by atoms with Crippen molar-refractivity contribution in [1.82, 2.24) is 19.7 Å². The number of para-hydroxylation sites is 1. The van der Waals surface area contributed by atoms with E-state index in [0.29, 0.717) is 17.7 Å². The number of amides is 1. The van der Waals surface area contributed by atoms with E-state index in [4.69, 9.17) is 0 Å². The molecule has 0 fully saturated rings. The fourth-order valence-corrected chi connectivity index (χ4v) is 2.15. The highest BCUT2D eigenvalue weighted by atomic mass is 16.4. The lowest BCUT2D eigenvalue weighted by molar-refractivity contribution is -0.142. The second kappa shape index (κ2) is 6.17. The van der Waals surface area contributed by atoms with Crippen LogP contribution in [0.3, 0.4) is 0 Å². The van der Waals surface area contributed by atoms with Crippen LogP contribution in [0.1, 0.15) is 23.7 Å². The van der Waals surface area contributed by atoms with E-state index in [1.165, 1.54) is 24.6 Å². The molecule has 0 saturated carbocycles. The van der Waals surface area contributed by atoms with Gasteiger partial charge in [-0.1, -0.05) is 19.1 Å². The number of carbonyl (C=O) groups excluding carboxylic acids is 1. The molecule has 0 aliphatic carbocycles. The van der Waals surface area contributed by atoms with Crippen LogP contribution in [-0.4, -0.2) is 49.7 Å². The van der Waals surface area contributed by atoms with Gasteiger partial charge in [0, 0.05) is 7.05 Å². The van der Waals surface area contributed by atoms with E-state index in [-0.39, 0.29) is 5.91 Å². The van der Waals surface area contributed by atoms with Crippen molar-refractivity contribution in [3.63, 3.8) is 0 Å². The fraction of sp³-hybridized carbons (Fsp3) is 0.286. The van der Waals surface area contributed by atoms with Crippen LogP contribution in [0.25, 0.3) is 5.69 Å². The highest BCUT2D eigenvalue weighted by Crippen LogP contribution is 2.17. The summed E-state index contributed by atoms with van der Waals surface area (Å²) in [6, 6.07) is 6.08. The third kappa shape index (κ3) is 2.91. The molecule has 110 valence electrons. The summed E-state index contributed by atoms with van der Waals surface area (Å²) in [6.45, 7) is 1.73. The topological polar surface area (TPSA) is 88.3 Å². The number of rotatable bonds is 5. The van der Waals surface area contributed by atoms with E-state index in [0.717, 1.165) is 0 Å². The lowest BCUT2D eigenvalue weighted by Gasteiger charge is -2.24.